The fraction of sp³-hybridized carbons (Fsp3) is 0.381. The molecule has 28 heavy (non-hydrogen) atoms. The van der Waals surface area contributed by atoms with Crippen LogP contribution in [0, 0.1) is 0 Å². The van der Waals surface area contributed by atoms with E-state index in [0.29, 0.717) is 41.8 Å². The van der Waals surface area contributed by atoms with Crippen LogP contribution in [0.4, 0.5) is 0 Å². The van der Waals surface area contributed by atoms with Crippen LogP contribution >= 0.6 is 0 Å². The summed E-state index contributed by atoms with van der Waals surface area (Å²) in [6.45, 7) is 3.62. The Labute approximate surface area is 164 Å². The fourth-order valence-electron chi connectivity index (χ4n) is 2.89. The van der Waals surface area contributed by atoms with Crippen molar-refractivity contribution in [3.8, 4) is 23.0 Å². The number of carboxylic acids is 1. The molecule has 7 nitrogen and oxygen atoms in total. The Morgan fingerprint density at radius 3 is 2.43 bits per heavy atom. The summed E-state index contributed by atoms with van der Waals surface area (Å²) in [5, 5.41) is 9.63. The molecule has 0 saturated heterocycles. The molecule has 0 aromatic heterocycles. The molecule has 1 N–H and O–H groups in total. The minimum atomic E-state index is -1.16. The third kappa shape index (κ3) is 4.48. The molecule has 2 atom stereocenters. The summed E-state index contributed by atoms with van der Waals surface area (Å²) in [6.07, 6.45) is -1.97. The highest BCUT2D eigenvalue weighted by Crippen LogP contribution is 2.41. The van der Waals surface area contributed by atoms with Crippen LogP contribution in [0.5, 0.6) is 23.0 Å². The quantitative estimate of drug-likeness (QED) is 0.746. The lowest BCUT2D eigenvalue weighted by molar-refractivity contribution is -0.151. The van der Waals surface area contributed by atoms with E-state index < -0.39 is 18.2 Å². The van der Waals surface area contributed by atoms with Gasteiger partial charge < -0.3 is 29.0 Å². The second kappa shape index (κ2) is 8.84. The van der Waals surface area contributed by atoms with Gasteiger partial charge in [-0.25, -0.2) is 4.79 Å². The van der Waals surface area contributed by atoms with Crippen molar-refractivity contribution in [2.45, 2.75) is 19.1 Å². The van der Waals surface area contributed by atoms with Crippen molar-refractivity contribution in [3.05, 3.63) is 48.0 Å². The van der Waals surface area contributed by atoms with Gasteiger partial charge in [0.15, 0.2) is 29.1 Å². The van der Waals surface area contributed by atoms with Gasteiger partial charge in [0.2, 0.25) is 6.10 Å². The van der Waals surface area contributed by atoms with Crippen molar-refractivity contribution in [2.24, 2.45) is 0 Å². The molecule has 0 aliphatic carbocycles. The zero-order valence-electron chi connectivity index (χ0n) is 16.3. The monoisotopic (exact) mass is 387 g/mol. The standard InChI is InChI=1S/C21H25NO6/c1-4-25-18-13-14(9-10-15(18)26-12-11-22(2)3)19-20(21(23)24)28-17-8-6-5-7-16(17)27-19/h5-10,13,19-20H,4,11-12H2,1-3H3,(H,23,24). The maximum absolute atomic E-state index is 11.8. The summed E-state index contributed by atoms with van der Waals surface area (Å²) in [7, 11) is 3.94. The number of likely N-dealkylation sites (N-methyl/N-ethyl adjacent to an activating group) is 1. The van der Waals surface area contributed by atoms with E-state index in [2.05, 4.69) is 0 Å². The van der Waals surface area contributed by atoms with Gasteiger partial charge >= 0.3 is 5.97 Å². The fourth-order valence-corrected chi connectivity index (χ4v) is 2.89. The Morgan fingerprint density at radius 2 is 1.79 bits per heavy atom. The van der Waals surface area contributed by atoms with Gasteiger partial charge in [0.05, 0.1) is 6.61 Å². The van der Waals surface area contributed by atoms with Crippen LogP contribution < -0.4 is 18.9 Å². The van der Waals surface area contributed by atoms with Gasteiger partial charge in [0.25, 0.3) is 0 Å². The lowest BCUT2D eigenvalue weighted by Gasteiger charge is -2.32. The van der Waals surface area contributed by atoms with Gasteiger partial charge in [-0.05, 0) is 45.3 Å². The number of fused-ring (bicyclic) bond motifs is 1. The van der Waals surface area contributed by atoms with Crippen molar-refractivity contribution in [1.82, 2.24) is 4.90 Å². The molecule has 1 aliphatic rings. The van der Waals surface area contributed by atoms with E-state index in [9.17, 15) is 9.90 Å². The molecule has 0 spiro atoms. The highest BCUT2D eigenvalue weighted by Gasteiger charge is 2.38. The molecular weight excluding hydrogens is 362 g/mol. The first-order valence-corrected chi connectivity index (χ1v) is 9.19. The molecule has 2 aromatic rings. The molecule has 2 aromatic carbocycles. The van der Waals surface area contributed by atoms with Crippen molar-refractivity contribution >= 4 is 5.97 Å². The van der Waals surface area contributed by atoms with Crippen molar-refractivity contribution in [1.29, 1.82) is 0 Å². The van der Waals surface area contributed by atoms with Crippen LogP contribution in [0.2, 0.25) is 0 Å². The van der Waals surface area contributed by atoms with Gasteiger partial charge in [0, 0.05) is 12.1 Å². The van der Waals surface area contributed by atoms with Gasteiger partial charge in [-0.3, -0.25) is 0 Å². The third-order valence-corrected chi connectivity index (χ3v) is 4.27. The van der Waals surface area contributed by atoms with Crippen molar-refractivity contribution < 1.29 is 28.8 Å². The Hall–Kier alpha value is -2.93. The third-order valence-electron chi connectivity index (χ3n) is 4.27. The topological polar surface area (TPSA) is 77.5 Å². The average Bonchev–Trinajstić information content (AvgIpc) is 2.68. The largest absolute Gasteiger partial charge is 0.490 e. The number of hydrogen-bond acceptors (Lipinski definition) is 6. The van der Waals surface area contributed by atoms with Crippen LogP contribution in [0.3, 0.4) is 0 Å². The zero-order valence-corrected chi connectivity index (χ0v) is 16.3. The molecule has 0 radical (unpaired) electrons. The van der Waals surface area contributed by atoms with E-state index >= 15 is 0 Å². The Bertz CT molecular complexity index is 822. The first-order chi connectivity index (χ1) is 13.5. The Balaban J connectivity index is 1.88. The number of para-hydroxylation sites is 2. The van der Waals surface area contributed by atoms with Crippen molar-refractivity contribution in [2.75, 3.05) is 33.9 Å². The maximum Gasteiger partial charge on any atom is 0.349 e. The molecule has 0 bridgehead atoms. The molecule has 0 saturated carbocycles. The highest BCUT2D eigenvalue weighted by atomic mass is 16.6. The first kappa shape index (κ1) is 19.8. The molecule has 7 heteroatoms. The molecule has 3 rings (SSSR count). The second-order valence-corrected chi connectivity index (χ2v) is 6.65. The zero-order chi connectivity index (χ0) is 20.1. The van der Waals surface area contributed by atoms with Gasteiger partial charge in [-0.1, -0.05) is 18.2 Å². The summed E-state index contributed by atoms with van der Waals surface area (Å²) < 4.78 is 23.2. The second-order valence-electron chi connectivity index (χ2n) is 6.65. The lowest BCUT2D eigenvalue weighted by atomic mass is 10.0. The molecule has 1 aliphatic heterocycles. The number of carboxylic acid groups (broad SMARTS) is 1. The molecule has 0 amide bonds. The summed E-state index contributed by atoms with van der Waals surface area (Å²) in [5.41, 5.74) is 0.644. The SMILES string of the molecule is CCOc1cc(C2Oc3ccccc3OC2C(=O)O)ccc1OCCN(C)C. The smallest absolute Gasteiger partial charge is 0.349 e. The maximum atomic E-state index is 11.8. The molecular formula is C21H25NO6. The normalized spacial score (nSPS) is 18.0. The lowest BCUT2D eigenvalue weighted by Crippen LogP contribution is -2.39. The predicted octanol–water partition coefficient (Wildman–Crippen LogP) is 2.99. The molecule has 2 unspecified atom stereocenters. The van der Waals surface area contributed by atoms with Crippen LogP contribution in [0.25, 0.3) is 0 Å². The van der Waals surface area contributed by atoms with E-state index in [0.717, 1.165) is 6.54 Å². The minimum absolute atomic E-state index is 0.417. The molecule has 1 heterocycles. The number of rotatable bonds is 8. The number of nitrogens with zero attached hydrogens (tertiary/aromatic N) is 1. The van der Waals surface area contributed by atoms with E-state index in [1.165, 1.54) is 0 Å². The van der Waals surface area contributed by atoms with Gasteiger partial charge in [0.1, 0.15) is 6.61 Å². The van der Waals surface area contributed by atoms with E-state index in [1.54, 1.807) is 36.4 Å². The number of ether oxygens (including phenoxy) is 4. The summed E-state index contributed by atoms with van der Waals surface area (Å²) in [5.74, 6) is 0.986. The van der Waals surface area contributed by atoms with Crippen LogP contribution in [-0.2, 0) is 4.79 Å². The number of carbonyl (C=O) groups is 1. The van der Waals surface area contributed by atoms with Gasteiger partial charge in [-0.2, -0.15) is 0 Å². The summed E-state index contributed by atoms with van der Waals surface area (Å²) >= 11 is 0. The molecule has 150 valence electrons. The summed E-state index contributed by atoms with van der Waals surface area (Å²) in [4.78, 5) is 13.8. The van der Waals surface area contributed by atoms with Crippen LogP contribution in [-0.4, -0.2) is 55.9 Å². The number of aliphatic carboxylic acids is 1. The van der Waals surface area contributed by atoms with Crippen LogP contribution in [0.1, 0.15) is 18.6 Å². The van der Waals surface area contributed by atoms with Crippen LogP contribution in [0.15, 0.2) is 42.5 Å². The highest BCUT2D eigenvalue weighted by molar-refractivity contribution is 5.75. The van der Waals surface area contributed by atoms with E-state index in [-0.39, 0.29) is 0 Å². The van der Waals surface area contributed by atoms with E-state index in [1.807, 2.05) is 32.0 Å². The molecule has 0 fully saturated rings. The minimum Gasteiger partial charge on any atom is -0.490 e. The Kier molecular flexibility index (Phi) is 6.26. The summed E-state index contributed by atoms with van der Waals surface area (Å²) in [6, 6.07) is 12.3. The van der Waals surface area contributed by atoms with E-state index in [4.69, 9.17) is 18.9 Å². The number of hydrogen-bond donors (Lipinski definition) is 1. The number of benzene rings is 2. The average molecular weight is 387 g/mol. The predicted molar refractivity (Wildman–Crippen MR) is 104 cm³/mol. The first-order valence-electron chi connectivity index (χ1n) is 9.19. The van der Waals surface area contributed by atoms with Crippen molar-refractivity contribution in [3.63, 3.8) is 0 Å². The Morgan fingerprint density at radius 1 is 1.07 bits per heavy atom. The van der Waals surface area contributed by atoms with Gasteiger partial charge in [-0.15, -0.1) is 0 Å².